The van der Waals surface area contributed by atoms with Crippen molar-refractivity contribution < 1.29 is 4.79 Å². The Kier molecular flexibility index (Phi) is 4.85. The third kappa shape index (κ3) is 3.52. The molecule has 3 aromatic heterocycles. The maximum Gasteiger partial charge on any atom is 0.274 e. The average Bonchev–Trinajstić information content (AvgIpc) is 3.53. The lowest BCUT2D eigenvalue weighted by Gasteiger charge is -2.27. The molecule has 0 radical (unpaired) electrons. The van der Waals surface area contributed by atoms with Crippen molar-refractivity contribution in [1.82, 2.24) is 39.2 Å². The second-order valence-corrected chi connectivity index (χ2v) is 7.70. The number of benzene rings is 1. The fourth-order valence-corrected chi connectivity index (χ4v) is 4.09. The molecule has 0 saturated carbocycles. The lowest BCUT2D eigenvalue weighted by molar-refractivity contribution is 0.0726. The van der Waals surface area contributed by atoms with E-state index in [1.54, 1.807) is 17.1 Å². The van der Waals surface area contributed by atoms with Crippen molar-refractivity contribution in [1.29, 1.82) is 0 Å². The van der Waals surface area contributed by atoms with Gasteiger partial charge in [0.05, 0.1) is 13.1 Å². The molecule has 158 valence electrons. The highest BCUT2D eigenvalue weighted by Crippen LogP contribution is 2.29. The topological polar surface area (TPSA) is 86.7 Å². The molecule has 31 heavy (non-hydrogen) atoms. The molecule has 4 aromatic rings. The highest BCUT2D eigenvalue weighted by molar-refractivity contribution is 5.92. The molecule has 5 rings (SSSR count). The van der Waals surface area contributed by atoms with Crippen molar-refractivity contribution in [3.05, 3.63) is 71.4 Å². The largest absolute Gasteiger partial charge is 0.332 e. The van der Waals surface area contributed by atoms with Crippen molar-refractivity contribution >= 4 is 5.91 Å². The number of aryl methyl sites for hydroxylation is 2. The van der Waals surface area contributed by atoms with Crippen LogP contribution in [0.4, 0.5) is 0 Å². The van der Waals surface area contributed by atoms with Gasteiger partial charge in [0.2, 0.25) is 0 Å². The summed E-state index contributed by atoms with van der Waals surface area (Å²) >= 11 is 0. The summed E-state index contributed by atoms with van der Waals surface area (Å²) in [6.45, 7) is 4.52. The highest BCUT2D eigenvalue weighted by atomic mass is 16.2. The van der Waals surface area contributed by atoms with Crippen molar-refractivity contribution in [2.24, 2.45) is 7.05 Å². The maximum absolute atomic E-state index is 13.0. The molecule has 0 saturated heterocycles. The number of carbonyl (C=O) groups excluding carboxylic acids is 1. The van der Waals surface area contributed by atoms with Gasteiger partial charge in [0.25, 0.3) is 5.91 Å². The average molecular weight is 416 g/mol. The number of hydrogen-bond acceptors (Lipinski definition) is 5. The van der Waals surface area contributed by atoms with Crippen LogP contribution in [-0.4, -0.2) is 51.7 Å². The van der Waals surface area contributed by atoms with Crippen LogP contribution < -0.4 is 0 Å². The first-order chi connectivity index (χ1) is 15.1. The monoisotopic (exact) mass is 416 g/mol. The second kappa shape index (κ2) is 7.82. The predicted molar refractivity (Wildman–Crippen MR) is 114 cm³/mol. The number of nitrogens with zero attached hydrogens (tertiary/aromatic N) is 8. The van der Waals surface area contributed by atoms with Crippen molar-refractivity contribution in [2.45, 2.75) is 33.0 Å². The molecule has 0 unspecified atom stereocenters. The molecule has 0 fully saturated rings. The van der Waals surface area contributed by atoms with E-state index in [1.807, 2.05) is 52.5 Å². The van der Waals surface area contributed by atoms with E-state index in [1.165, 1.54) is 0 Å². The molecule has 9 nitrogen and oxygen atoms in total. The Hall–Kier alpha value is -3.75. The van der Waals surface area contributed by atoms with E-state index in [2.05, 4.69) is 27.4 Å². The van der Waals surface area contributed by atoms with Crippen LogP contribution in [0.3, 0.4) is 0 Å². The Labute approximate surface area is 179 Å². The summed E-state index contributed by atoms with van der Waals surface area (Å²) in [6.07, 6.45) is 4.31. The van der Waals surface area contributed by atoms with Crippen LogP contribution >= 0.6 is 0 Å². The van der Waals surface area contributed by atoms with Crippen LogP contribution in [0.1, 0.15) is 34.2 Å². The van der Waals surface area contributed by atoms with Crippen LogP contribution in [0.2, 0.25) is 0 Å². The summed E-state index contributed by atoms with van der Waals surface area (Å²) in [7, 11) is 1.95. The molecule has 1 aromatic carbocycles. The van der Waals surface area contributed by atoms with Gasteiger partial charge < -0.3 is 9.47 Å². The van der Waals surface area contributed by atoms with Gasteiger partial charge in [-0.2, -0.15) is 10.2 Å². The Morgan fingerprint density at radius 2 is 1.97 bits per heavy atom. The lowest BCUT2D eigenvalue weighted by Crippen LogP contribution is -2.36. The second-order valence-electron chi connectivity index (χ2n) is 7.70. The summed E-state index contributed by atoms with van der Waals surface area (Å²) in [5.41, 5.74) is 4.58. The Morgan fingerprint density at radius 1 is 1.13 bits per heavy atom. The van der Waals surface area contributed by atoms with Gasteiger partial charge in [-0.1, -0.05) is 30.3 Å². The van der Waals surface area contributed by atoms with E-state index in [9.17, 15) is 4.79 Å². The summed E-state index contributed by atoms with van der Waals surface area (Å²) < 4.78 is 5.67. The van der Waals surface area contributed by atoms with Gasteiger partial charge in [-0.05, 0) is 18.6 Å². The molecular formula is C22H24N8O. The van der Waals surface area contributed by atoms with E-state index in [0.29, 0.717) is 31.2 Å². The third-order valence-corrected chi connectivity index (χ3v) is 5.74. The zero-order chi connectivity index (χ0) is 21.4. The SMILES string of the molecule is CCn1ccc(C(=O)N2CCc3c(c(-c4nncn4Cc4ccccc4)nn3C)C2)n1. The van der Waals surface area contributed by atoms with Crippen LogP contribution in [0, 0.1) is 0 Å². The van der Waals surface area contributed by atoms with E-state index in [4.69, 9.17) is 5.10 Å². The quantitative estimate of drug-likeness (QED) is 0.498. The van der Waals surface area contributed by atoms with Crippen LogP contribution in [0.5, 0.6) is 0 Å². The normalized spacial score (nSPS) is 13.4. The van der Waals surface area contributed by atoms with E-state index >= 15 is 0 Å². The highest BCUT2D eigenvalue weighted by Gasteiger charge is 2.30. The first kappa shape index (κ1) is 19.2. The number of rotatable bonds is 5. The van der Waals surface area contributed by atoms with Crippen LogP contribution in [-0.2, 0) is 33.1 Å². The fraction of sp³-hybridized carbons (Fsp3) is 0.318. The van der Waals surface area contributed by atoms with Gasteiger partial charge in [0.15, 0.2) is 5.82 Å². The maximum atomic E-state index is 13.0. The summed E-state index contributed by atoms with van der Waals surface area (Å²) in [5.74, 6) is 0.656. The minimum absolute atomic E-state index is 0.0570. The summed E-state index contributed by atoms with van der Waals surface area (Å²) in [5, 5.41) is 17.6. The molecule has 0 spiro atoms. The molecule has 0 N–H and O–H groups in total. The van der Waals surface area contributed by atoms with Crippen molar-refractivity contribution in [3.63, 3.8) is 0 Å². The van der Waals surface area contributed by atoms with Gasteiger partial charge in [0.1, 0.15) is 17.7 Å². The number of carbonyl (C=O) groups is 1. The summed E-state index contributed by atoms with van der Waals surface area (Å²) in [6, 6.07) is 12.0. The summed E-state index contributed by atoms with van der Waals surface area (Å²) in [4.78, 5) is 14.9. The first-order valence-corrected chi connectivity index (χ1v) is 10.4. The third-order valence-electron chi connectivity index (χ3n) is 5.74. The van der Waals surface area contributed by atoms with Crippen LogP contribution in [0.15, 0.2) is 48.9 Å². The van der Waals surface area contributed by atoms with Crippen molar-refractivity contribution in [3.8, 4) is 11.5 Å². The lowest BCUT2D eigenvalue weighted by atomic mass is 10.0. The Bertz CT molecular complexity index is 1220. The smallest absolute Gasteiger partial charge is 0.274 e. The number of hydrogen-bond donors (Lipinski definition) is 0. The zero-order valence-corrected chi connectivity index (χ0v) is 17.6. The standard InChI is InChI=1S/C22H24N8O/c1-3-30-12-9-18(25-30)22(31)28-11-10-19-17(14-28)20(26-27(19)2)21-24-23-15-29(21)13-16-7-5-4-6-8-16/h4-9,12,15H,3,10-11,13-14H2,1-2H3. The molecule has 1 aliphatic rings. The molecule has 1 aliphatic heterocycles. The minimum Gasteiger partial charge on any atom is -0.332 e. The number of aromatic nitrogens is 7. The van der Waals surface area contributed by atoms with Crippen LogP contribution in [0.25, 0.3) is 11.5 Å². The molecule has 4 heterocycles. The molecule has 1 amide bonds. The zero-order valence-electron chi connectivity index (χ0n) is 17.6. The molecule has 0 atom stereocenters. The number of fused-ring (bicyclic) bond motifs is 1. The fourth-order valence-electron chi connectivity index (χ4n) is 4.09. The Balaban J connectivity index is 1.45. The van der Waals surface area contributed by atoms with E-state index < -0.39 is 0 Å². The van der Waals surface area contributed by atoms with Crippen molar-refractivity contribution in [2.75, 3.05) is 6.54 Å². The van der Waals surface area contributed by atoms with Gasteiger partial charge in [-0.15, -0.1) is 10.2 Å². The molecule has 0 bridgehead atoms. The molecule has 0 aliphatic carbocycles. The minimum atomic E-state index is -0.0570. The van der Waals surface area contributed by atoms with Gasteiger partial charge in [-0.25, -0.2) is 0 Å². The predicted octanol–water partition coefficient (Wildman–Crippen LogP) is 2.14. The van der Waals surface area contributed by atoms with Gasteiger partial charge >= 0.3 is 0 Å². The van der Waals surface area contributed by atoms with Gasteiger partial charge in [0, 0.05) is 44.0 Å². The first-order valence-electron chi connectivity index (χ1n) is 10.4. The van der Waals surface area contributed by atoms with E-state index in [0.717, 1.165) is 35.5 Å². The molecule has 9 heteroatoms. The Morgan fingerprint density at radius 3 is 2.74 bits per heavy atom. The van der Waals surface area contributed by atoms with E-state index in [-0.39, 0.29) is 5.91 Å². The number of amides is 1. The molecular weight excluding hydrogens is 392 g/mol. The van der Waals surface area contributed by atoms with Gasteiger partial charge in [-0.3, -0.25) is 14.2 Å².